The number of nitrogen functional groups attached to an aromatic ring is 1. The number of anilines is 1. The Morgan fingerprint density at radius 2 is 1.82 bits per heavy atom. The van der Waals surface area contributed by atoms with Gasteiger partial charge in [-0.25, -0.2) is 9.97 Å². The van der Waals surface area contributed by atoms with Gasteiger partial charge >= 0.3 is 0 Å². The third-order valence-corrected chi connectivity index (χ3v) is 9.41. The van der Waals surface area contributed by atoms with Crippen LogP contribution in [0.15, 0.2) is 58.8 Å². The van der Waals surface area contributed by atoms with Gasteiger partial charge in [0.25, 0.3) is 0 Å². The van der Waals surface area contributed by atoms with Crippen molar-refractivity contribution in [3.05, 3.63) is 65.2 Å². The minimum absolute atomic E-state index is 0.0153. The lowest BCUT2D eigenvalue weighted by atomic mass is 9.55. The predicted molar refractivity (Wildman–Crippen MR) is 126 cm³/mol. The Balaban J connectivity index is 1.09. The summed E-state index contributed by atoms with van der Waals surface area (Å²) in [6.07, 6.45) is 9.48. The van der Waals surface area contributed by atoms with Gasteiger partial charge in [0.15, 0.2) is 0 Å². The number of benzene rings is 1. The molecule has 4 aliphatic rings. The van der Waals surface area contributed by atoms with E-state index in [9.17, 15) is 0 Å². The zero-order valence-corrected chi connectivity index (χ0v) is 19.4. The highest BCUT2D eigenvalue weighted by molar-refractivity contribution is 7.99. The van der Waals surface area contributed by atoms with Gasteiger partial charge in [-0.15, -0.1) is 0 Å². The molecule has 3 saturated heterocycles. The maximum Gasteiger partial charge on any atom is 0.143 e. The number of aromatic nitrogens is 3. The van der Waals surface area contributed by atoms with E-state index < -0.39 is 0 Å². The molecule has 7 nitrogen and oxygen atoms in total. The normalized spacial score (nSPS) is 33.6. The first kappa shape index (κ1) is 20.0. The lowest BCUT2D eigenvalue weighted by Crippen LogP contribution is -2.81. The molecule has 0 aliphatic carbocycles. The second-order valence-electron chi connectivity index (χ2n) is 9.60. The van der Waals surface area contributed by atoms with Crippen LogP contribution in [0.3, 0.4) is 0 Å². The van der Waals surface area contributed by atoms with Crippen LogP contribution in [0.2, 0.25) is 5.02 Å². The van der Waals surface area contributed by atoms with Gasteiger partial charge in [-0.2, -0.15) is 0 Å². The molecule has 9 heteroatoms. The topological polar surface area (TPSA) is 103 Å². The smallest absolute Gasteiger partial charge is 0.143 e. The fourth-order valence-corrected chi connectivity index (χ4v) is 7.57. The summed E-state index contributed by atoms with van der Waals surface area (Å²) in [6, 6.07) is 11.0. The molecule has 168 valence electrons. The van der Waals surface area contributed by atoms with E-state index in [1.807, 2.05) is 36.7 Å². The van der Waals surface area contributed by atoms with Crippen LogP contribution in [-0.2, 0) is 5.54 Å². The number of fused-ring (bicyclic) bond motifs is 1. The van der Waals surface area contributed by atoms with Gasteiger partial charge in [0.1, 0.15) is 22.2 Å². The molecule has 0 bridgehead atoms. The largest absolute Gasteiger partial charge is 0.485 e. The Kier molecular flexibility index (Phi) is 4.14. The molecule has 0 radical (unpaired) electrons. The summed E-state index contributed by atoms with van der Waals surface area (Å²) >= 11 is 7.72. The Morgan fingerprint density at radius 1 is 1.03 bits per heavy atom. The lowest BCUT2D eigenvalue weighted by molar-refractivity contribution is -0.259. The fourth-order valence-electron chi connectivity index (χ4n) is 6.58. The minimum atomic E-state index is -0.278. The number of pyridine rings is 1. The molecule has 0 unspecified atom stereocenters. The molecule has 7 rings (SSSR count). The van der Waals surface area contributed by atoms with Crippen molar-refractivity contribution in [2.24, 2.45) is 5.73 Å². The molecule has 3 aromatic rings. The van der Waals surface area contributed by atoms with Crippen LogP contribution in [0, 0.1) is 0 Å². The number of rotatable bonds is 3. The lowest BCUT2D eigenvalue weighted by Gasteiger charge is -2.74. The number of halogens is 1. The Hall–Kier alpha value is -2.39. The number of piperidine rings is 2. The summed E-state index contributed by atoms with van der Waals surface area (Å²) in [5.74, 6) is 1.28. The van der Waals surface area contributed by atoms with Crippen LogP contribution >= 0.6 is 23.4 Å². The van der Waals surface area contributed by atoms with Gasteiger partial charge in [-0.3, -0.25) is 9.88 Å². The monoisotopic (exact) mass is 478 g/mol. The average molecular weight is 479 g/mol. The second-order valence-corrected chi connectivity index (χ2v) is 11.0. The van der Waals surface area contributed by atoms with E-state index in [1.54, 1.807) is 6.20 Å². The number of hydrogen-bond donors (Lipinski definition) is 2. The van der Waals surface area contributed by atoms with Crippen LogP contribution in [0.4, 0.5) is 5.82 Å². The van der Waals surface area contributed by atoms with E-state index in [-0.39, 0.29) is 17.2 Å². The van der Waals surface area contributed by atoms with Crippen molar-refractivity contribution in [3.8, 4) is 5.75 Å². The van der Waals surface area contributed by atoms with E-state index in [0.717, 1.165) is 52.6 Å². The zero-order valence-electron chi connectivity index (χ0n) is 17.8. The zero-order chi connectivity index (χ0) is 22.4. The Morgan fingerprint density at radius 3 is 2.55 bits per heavy atom. The van der Waals surface area contributed by atoms with E-state index >= 15 is 0 Å². The summed E-state index contributed by atoms with van der Waals surface area (Å²) in [5, 5.41) is 1.24. The SMILES string of the molecule is Nc1nccc(Sc2cnc(C34C[C@@H]5CC6(C[C@@H](C3)N54)Oc3ccccc3[C@H]6N)cn2)c1Cl. The predicted octanol–water partition coefficient (Wildman–Crippen LogP) is 3.93. The van der Waals surface area contributed by atoms with Gasteiger partial charge in [0, 0.05) is 41.6 Å². The van der Waals surface area contributed by atoms with Gasteiger partial charge in [-0.1, -0.05) is 41.6 Å². The van der Waals surface area contributed by atoms with E-state index in [2.05, 4.69) is 20.9 Å². The van der Waals surface area contributed by atoms with E-state index in [1.165, 1.54) is 11.8 Å². The average Bonchev–Trinajstić information content (AvgIpc) is 3.06. The van der Waals surface area contributed by atoms with E-state index in [4.69, 9.17) is 32.8 Å². The molecule has 3 fully saturated rings. The van der Waals surface area contributed by atoms with Crippen molar-refractivity contribution in [1.82, 2.24) is 19.9 Å². The minimum Gasteiger partial charge on any atom is -0.485 e. The first-order chi connectivity index (χ1) is 16.0. The summed E-state index contributed by atoms with van der Waals surface area (Å²) in [5.41, 5.74) is 14.5. The third-order valence-electron chi connectivity index (χ3n) is 7.92. The Labute approximate surface area is 200 Å². The highest BCUT2D eigenvalue weighted by atomic mass is 35.5. The maximum atomic E-state index is 6.72. The summed E-state index contributed by atoms with van der Waals surface area (Å²) in [7, 11) is 0. The summed E-state index contributed by atoms with van der Waals surface area (Å²) in [6.45, 7) is 0. The standard InChI is InChI=1S/C24H23ClN6OS/c25-20-17(5-6-28-22(20)27)33-19-12-29-18(11-30-19)23-7-13-9-24(10-14(8-23)31(13)23)21(26)15-3-1-2-4-16(15)32-24/h1-6,11-14,21H,7-10,26H2,(H2,27,28)/t13-,14-,21-,23?,24?/m1/s1. The Bertz CT molecular complexity index is 1250. The van der Waals surface area contributed by atoms with Crippen LogP contribution in [-0.4, -0.2) is 37.5 Å². The highest BCUT2D eigenvalue weighted by Crippen LogP contribution is 2.65. The number of nitrogens with two attached hydrogens (primary N) is 2. The molecule has 6 heterocycles. The quantitative estimate of drug-likeness (QED) is 0.583. The van der Waals surface area contributed by atoms with Crippen LogP contribution in [0.1, 0.15) is 43.0 Å². The van der Waals surface area contributed by atoms with Crippen LogP contribution in [0.25, 0.3) is 0 Å². The molecular formula is C24H23ClN6OS. The van der Waals surface area contributed by atoms with Crippen molar-refractivity contribution in [1.29, 1.82) is 0 Å². The van der Waals surface area contributed by atoms with Crippen molar-refractivity contribution < 1.29 is 4.74 Å². The van der Waals surface area contributed by atoms with E-state index in [0.29, 0.717) is 22.9 Å². The molecule has 2 aromatic heterocycles. The van der Waals surface area contributed by atoms with Gasteiger partial charge < -0.3 is 16.2 Å². The van der Waals surface area contributed by atoms with Gasteiger partial charge in [0.2, 0.25) is 0 Å². The number of nitrogens with zero attached hydrogens (tertiary/aromatic N) is 4. The molecule has 0 amide bonds. The summed E-state index contributed by atoms with van der Waals surface area (Å²) < 4.78 is 6.52. The highest BCUT2D eigenvalue weighted by Gasteiger charge is 2.71. The van der Waals surface area contributed by atoms with Gasteiger partial charge in [-0.05, 0) is 25.0 Å². The molecule has 0 saturated carbocycles. The number of ether oxygens (including phenoxy) is 1. The number of para-hydroxylation sites is 1. The molecule has 3 atom stereocenters. The molecule has 4 aliphatic heterocycles. The molecule has 1 spiro atoms. The molecule has 1 aromatic carbocycles. The fraction of sp³-hybridized carbons (Fsp3) is 0.375. The number of hydrogen-bond acceptors (Lipinski definition) is 8. The van der Waals surface area contributed by atoms with Crippen molar-refractivity contribution >= 4 is 29.2 Å². The second kappa shape index (κ2) is 6.82. The molecule has 4 N–H and O–H groups in total. The first-order valence-corrected chi connectivity index (χ1v) is 12.4. The van der Waals surface area contributed by atoms with Gasteiger partial charge in [0.05, 0.1) is 34.7 Å². The molecular weight excluding hydrogens is 456 g/mol. The first-order valence-electron chi connectivity index (χ1n) is 11.2. The summed E-state index contributed by atoms with van der Waals surface area (Å²) in [4.78, 5) is 17.0. The van der Waals surface area contributed by atoms with Crippen molar-refractivity contribution in [2.45, 2.75) is 64.9 Å². The maximum absolute atomic E-state index is 6.72. The van der Waals surface area contributed by atoms with Crippen LogP contribution < -0.4 is 16.2 Å². The van der Waals surface area contributed by atoms with Crippen LogP contribution in [0.5, 0.6) is 5.75 Å². The van der Waals surface area contributed by atoms with Crippen molar-refractivity contribution in [3.63, 3.8) is 0 Å². The molecule has 33 heavy (non-hydrogen) atoms. The third kappa shape index (κ3) is 2.69. The van der Waals surface area contributed by atoms with Crippen molar-refractivity contribution in [2.75, 3.05) is 5.73 Å².